The van der Waals surface area contributed by atoms with E-state index in [9.17, 15) is 4.39 Å². The van der Waals surface area contributed by atoms with Crippen molar-refractivity contribution in [3.8, 4) is 11.3 Å². The first-order valence-corrected chi connectivity index (χ1v) is 11.3. The van der Waals surface area contributed by atoms with Crippen molar-refractivity contribution in [2.24, 2.45) is 11.8 Å². The first-order valence-electron chi connectivity index (χ1n) is 11.3. The molecule has 1 aromatic carbocycles. The Labute approximate surface area is 170 Å². The van der Waals surface area contributed by atoms with Gasteiger partial charge in [0.1, 0.15) is 5.82 Å². The lowest BCUT2D eigenvalue weighted by Crippen LogP contribution is -2.15. The predicted molar refractivity (Wildman–Crippen MR) is 115 cm³/mol. The molecular formula is C25H35FN2. The Balaban J connectivity index is 1.46. The van der Waals surface area contributed by atoms with Crippen molar-refractivity contribution in [1.82, 2.24) is 10.2 Å². The van der Waals surface area contributed by atoms with Crippen LogP contribution in [0.25, 0.3) is 11.3 Å². The first-order chi connectivity index (χ1) is 13.7. The van der Waals surface area contributed by atoms with Crippen molar-refractivity contribution in [1.29, 1.82) is 0 Å². The standard InChI is InChI=1S/C25H35FN2/c1-3-5-6-7-19-8-10-20(11-9-19)12-15-23-16-17-25(28-27-23)22-14-13-21(4-2)24(26)18-22/h13-14,16-20H,3-12,15H2,1-2H3. The summed E-state index contributed by atoms with van der Waals surface area (Å²) >= 11 is 0. The van der Waals surface area contributed by atoms with E-state index in [1.807, 2.05) is 25.1 Å². The quantitative estimate of drug-likeness (QED) is 0.430. The molecule has 2 aromatic rings. The Kier molecular flexibility index (Phi) is 8.00. The molecule has 152 valence electrons. The third-order valence-corrected chi connectivity index (χ3v) is 6.44. The van der Waals surface area contributed by atoms with Crippen LogP contribution in [0.2, 0.25) is 0 Å². The summed E-state index contributed by atoms with van der Waals surface area (Å²) in [5.74, 6) is 1.66. The van der Waals surface area contributed by atoms with Gasteiger partial charge in [0.15, 0.2) is 0 Å². The molecule has 3 rings (SSSR count). The topological polar surface area (TPSA) is 25.8 Å². The van der Waals surface area contributed by atoms with E-state index in [1.54, 1.807) is 6.07 Å². The van der Waals surface area contributed by atoms with Gasteiger partial charge < -0.3 is 0 Å². The Hall–Kier alpha value is -1.77. The van der Waals surface area contributed by atoms with Crippen LogP contribution in [0.5, 0.6) is 0 Å². The summed E-state index contributed by atoms with van der Waals surface area (Å²) in [5, 5.41) is 8.75. The maximum absolute atomic E-state index is 14.0. The summed E-state index contributed by atoms with van der Waals surface area (Å²) in [6.07, 6.45) is 14.1. The summed E-state index contributed by atoms with van der Waals surface area (Å²) in [4.78, 5) is 0. The Bertz CT molecular complexity index is 718. The minimum absolute atomic E-state index is 0.156. The van der Waals surface area contributed by atoms with Crippen molar-refractivity contribution >= 4 is 0 Å². The highest BCUT2D eigenvalue weighted by Crippen LogP contribution is 2.34. The van der Waals surface area contributed by atoms with Gasteiger partial charge >= 0.3 is 0 Å². The number of halogens is 1. The van der Waals surface area contributed by atoms with E-state index < -0.39 is 0 Å². The van der Waals surface area contributed by atoms with E-state index in [-0.39, 0.29) is 5.82 Å². The number of hydrogen-bond donors (Lipinski definition) is 0. The van der Waals surface area contributed by atoms with Gasteiger partial charge in [0.2, 0.25) is 0 Å². The number of benzene rings is 1. The molecule has 0 radical (unpaired) electrons. The SMILES string of the molecule is CCCCCC1CCC(CCc2ccc(-c3ccc(CC)c(F)c3)nn2)CC1. The lowest BCUT2D eigenvalue weighted by atomic mass is 9.78. The van der Waals surface area contributed by atoms with E-state index in [0.717, 1.165) is 40.8 Å². The second-order valence-electron chi connectivity index (χ2n) is 8.49. The average Bonchev–Trinajstić information content (AvgIpc) is 2.74. The number of rotatable bonds is 9. The molecule has 0 spiro atoms. The van der Waals surface area contributed by atoms with Crippen LogP contribution in [-0.4, -0.2) is 10.2 Å². The molecule has 0 N–H and O–H groups in total. The van der Waals surface area contributed by atoms with Crippen molar-refractivity contribution in [2.75, 3.05) is 0 Å². The molecule has 2 nitrogen and oxygen atoms in total. The molecule has 0 amide bonds. The van der Waals surface area contributed by atoms with Crippen LogP contribution in [0, 0.1) is 17.7 Å². The van der Waals surface area contributed by atoms with Gasteiger partial charge in [-0.3, -0.25) is 0 Å². The Morgan fingerprint density at radius 2 is 1.64 bits per heavy atom. The molecule has 1 aliphatic carbocycles. The molecular weight excluding hydrogens is 347 g/mol. The van der Waals surface area contributed by atoms with Crippen molar-refractivity contribution < 1.29 is 4.39 Å². The monoisotopic (exact) mass is 382 g/mol. The Morgan fingerprint density at radius 1 is 0.893 bits per heavy atom. The number of unbranched alkanes of at least 4 members (excludes halogenated alkanes) is 2. The largest absolute Gasteiger partial charge is 0.207 e. The van der Waals surface area contributed by atoms with Crippen molar-refractivity contribution in [3.05, 3.63) is 47.4 Å². The van der Waals surface area contributed by atoms with Gasteiger partial charge in [-0.2, -0.15) is 10.2 Å². The Morgan fingerprint density at radius 3 is 2.25 bits per heavy atom. The van der Waals surface area contributed by atoms with Crippen LogP contribution in [0.15, 0.2) is 30.3 Å². The number of aryl methyl sites for hydroxylation is 2. The molecule has 3 heteroatoms. The molecule has 0 atom stereocenters. The average molecular weight is 383 g/mol. The summed E-state index contributed by atoms with van der Waals surface area (Å²) in [5.41, 5.74) is 3.35. The van der Waals surface area contributed by atoms with Crippen LogP contribution in [0.4, 0.5) is 4.39 Å². The molecule has 28 heavy (non-hydrogen) atoms. The third-order valence-electron chi connectivity index (χ3n) is 6.44. The minimum atomic E-state index is -0.156. The highest BCUT2D eigenvalue weighted by molar-refractivity contribution is 5.59. The molecule has 1 aromatic heterocycles. The molecule has 1 aliphatic rings. The number of nitrogens with zero attached hydrogens (tertiary/aromatic N) is 2. The van der Waals surface area contributed by atoms with Gasteiger partial charge in [-0.15, -0.1) is 0 Å². The van der Waals surface area contributed by atoms with Gasteiger partial charge in [0.05, 0.1) is 11.4 Å². The second-order valence-corrected chi connectivity index (χ2v) is 8.49. The van der Waals surface area contributed by atoms with E-state index in [1.165, 1.54) is 57.8 Å². The molecule has 1 fully saturated rings. The van der Waals surface area contributed by atoms with Gasteiger partial charge in [-0.05, 0) is 54.9 Å². The molecule has 0 unspecified atom stereocenters. The van der Waals surface area contributed by atoms with Crippen LogP contribution >= 0.6 is 0 Å². The number of aromatic nitrogens is 2. The first kappa shape index (κ1) is 21.0. The predicted octanol–water partition coefficient (Wildman–Crippen LogP) is 7.16. The highest BCUT2D eigenvalue weighted by Gasteiger charge is 2.20. The fourth-order valence-corrected chi connectivity index (χ4v) is 4.48. The van der Waals surface area contributed by atoms with Crippen molar-refractivity contribution in [2.45, 2.75) is 84.5 Å². The zero-order valence-electron chi connectivity index (χ0n) is 17.6. The maximum atomic E-state index is 14.0. The number of hydrogen-bond acceptors (Lipinski definition) is 2. The van der Waals surface area contributed by atoms with Crippen LogP contribution in [0.3, 0.4) is 0 Å². The highest BCUT2D eigenvalue weighted by atomic mass is 19.1. The van der Waals surface area contributed by atoms with Gasteiger partial charge in [-0.25, -0.2) is 4.39 Å². The third kappa shape index (κ3) is 5.86. The summed E-state index contributed by atoms with van der Waals surface area (Å²) in [6.45, 7) is 4.25. The lowest BCUT2D eigenvalue weighted by Gasteiger charge is -2.28. The smallest absolute Gasteiger partial charge is 0.127 e. The molecule has 0 saturated heterocycles. The fourth-order valence-electron chi connectivity index (χ4n) is 4.48. The normalized spacial score (nSPS) is 19.7. The van der Waals surface area contributed by atoms with E-state index >= 15 is 0 Å². The molecule has 1 heterocycles. The van der Waals surface area contributed by atoms with Crippen LogP contribution in [-0.2, 0) is 12.8 Å². The molecule has 0 aliphatic heterocycles. The van der Waals surface area contributed by atoms with E-state index in [4.69, 9.17) is 0 Å². The summed E-state index contributed by atoms with van der Waals surface area (Å²) < 4.78 is 14.0. The van der Waals surface area contributed by atoms with E-state index in [0.29, 0.717) is 6.42 Å². The molecule has 0 bridgehead atoms. The van der Waals surface area contributed by atoms with Crippen LogP contribution < -0.4 is 0 Å². The zero-order chi connectivity index (χ0) is 19.8. The lowest BCUT2D eigenvalue weighted by molar-refractivity contribution is 0.248. The summed E-state index contributed by atoms with van der Waals surface area (Å²) in [6, 6.07) is 9.39. The van der Waals surface area contributed by atoms with Gasteiger partial charge in [0, 0.05) is 5.56 Å². The minimum Gasteiger partial charge on any atom is -0.207 e. The summed E-state index contributed by atoms with van der Waals surface area (Å²) in [7, 11) is 0. The van der Waals surface area contributed by atoms with Gasteiger partial charge in [-0.1, -0.05) is 77.3 Å². The maximum Gasteiger partial charge on any atom is 0.127 e. The van der Waals surface area contributed by atoms with Gasteiger partial charge in [0.25, 0.3) is 0 Å². The molecule has 1 saturated carbocycles. The fraction of sp³-hybridized carbons (Fsp3) is 0.600. The van der Waals surface area contributed by atoms with Crippen LogP contribution in [0.1, 0.15) is 82.9 Å². The second kappa shape index (κ2) is 10.7. The zero-order valence-corrected chi connectivity index (χ0v) is 17.6. The van der Waals surface area contributed by atoms with Crippen molar-refractivity contribution in [3.63, 3.8) is 0 Å². The van der Waals surface area contributed by atoms with E-state index in [2.05, 4.69) is 23.2 Å².